The first-order valence-corrected chi connectivity index (χ1v) is 3.78. The third-order valence-corrected chi connectivity index (χ3v) is 1.66. The Hall–Kier alpha value is -1.23. The van der Waals surface area contributed by atoms with E-state index in [-0.39, 0.29) is 11.9 Å². The van der Waals surface area contributed by atoms with Crippen LogP contribution < -0.4 is 5.32 Å². The molecule has 2 atom stereocenters. The largest absolute Gasteiger partial charge is 0.511 e. The SMILES string of the molecule is C=C(O)[C@@H](NC(=O)OC)[C@@H](C)OC. The summed E-state index contributed by atoms with van der Waals surface area (Å²) in [5, 5.41) is 11.5. The van der Waals surface area contributed by atoms with Crippen LogP contribution in [0, 0.1) is 0 Å². The van der Waals surface area contributed by atoms with Gasteiger partial charge in [0.15, 0.2) is 0 Å². The second kappa shape index (κ2) is 5.42. The maximum absolute atomic E-state index is 10.8. The number of carbonyl (C=O) groups excluding carboxylic acids is 1. The van der Waals surface area contributed by atoms with Gasteiger partial charge in [-0.3, -0.25) is 0 Å². The molecule has 1 amide bonds. The highest BCUT2D eigenvalue weighted by Gasteiger charge is 2.22. The van der Waals surface area contributed by atoms with E-state index < -0.39 is 12.1 Å². The molecule has 5 heteroatoms. The minimum atomic E-state index is -0.655. The molecular formula is C8H15NO4. The second-order valence-corrected chi connectivity index (χ2v) is 2.55. The number of alkyl carbamates (subject to hydrolysis) is 1. The van der Waals surface area contributed by atoms with E-state index in [1.807, 2.05) is 0 Å². The lowest BCUT2D eigenvalue weighted by molar-refractivity contribution is 0.0763. The summed E-state index contributed by atoms with van der Waals surface area (Å²) in [5.41, 5.74) is 0. The Bertz CT molecular complexity index is 193. The number of aliphatic hydroxyl groups excluding tert-OH is 1. The summed E-state index contributed by atoms with van der Waals surface area (Å²) in [6.07, 6.45) is -0.999. The van der Waals surface area contributed by atoms with Crippen LogP contribution in [0.15, 0.2) is 12.3 Å². The van der Waals surface area contributed by atoms with Crippen molar-refractivity contribution >= 4 is 6.09 Å². The molecule has 0 radical (unpaired) electrons. The third-order valence-electron chi connectivity index (χ3n) is 1.66. The zero-order valence-corrected chi connectivity index (χ0v) is 8.03. The zero-order valence-electron chi connectivity index (χ0n) is 8.03. The van der Waals surface area contributed by atoms with Crippen LogP contribution in [0.4, 0.5) is 4.79 Å². The molecule has 76 valence electrons. The van der Waals surface area contributed by atoms with Crippen LogP contribution >= 0.6 is 0 Å². The number of hydrogen-bond acceptors (Lipinski definition) is 4. The van der Waals surface area contributed by atoms with Gasteiger partial charge < -0.3 is 19.9 Å². The fourth-order valence-corrected chi connectivity index (χ4v) is 0.794. The molecule has 5 nitrogen and oxygen atoms in total. The number of rotatable bonds is 4. The van der Waals surface area contributed by atoms with Crippen LogP contribution in [-0.2, 0) is 9.47 Å². The molecule has 0 bridgehead atoms. The van der Waals surface area contributed by atoms with Gasteiger partial charge in [-0.05, 0) is 6.92 Å². The zero-order chi connectivity index (χ0) is 10.4. The van der Waals surface area contributed by atoms with Crippen LogP contribution in [0.2, 0.25) is 0 Å². The average Bonchev–Trinajstić information content (AvgIpc) is 2.11. The Morgan fingerprint density at radius 1 is 1.54 bits per heavy atom. The molecule has 0 aromatic rings. The van der Waals surface area contributed by atoms with Crippen LogP contribution in [-0.4, -0.2) is 37.6 Å². The number of carbonyl (C=O) groups is 1. The monoisotopic (exact) mass is 189 g/mol. The molecule has 0 rings (SSSR count). The maximum atomic E-state index is 10.8. The Morgan fingerprint density at radius 3 is 2.38 bits per heavy atom. The lowest BCUT2D eigenvalue weighted by Crippen LogP contribution is -2.43. The van der Waals surface area contributed by atoms with Crippen molar-refractivity contribution in [2.24, 2.45) is 0 Å². The normalized spacial score (nSPS) is 14.4. The molecule has 0 spiro atoms. The quantitative estimate of drug-likeness (QED) is 0.642. The predicted octanol–water partition coefficient (Wildman–Crippen LogP) is 0.818. The van der Waals surface area contributed by atoms with Gasteiger partial charge in [-0.1, -0.05) is 6.58 Å². The Kier molecular flexibility index (Phi) is 4.91. The van der Waals surface area contributed by atoms with Gasteiger partial charge in [-0.2, -0.15) is 0 Å². The second-order valence-electron chi connectivity index (χ2n) is 2.55. The number of ether oxygens (including phenoxy) is 2. The van der Waals surface area contributed by atoms with Crippen molar-refractivity contribution < 1.29 is 19.4 Å². The Labute approximate surface area is 77.3 Å². The van der Waals surface area contributed by atoms with Crippen molar-refractivity contribution in [2.45, 2.75) is 19.1 Å². The van der Waals surface area contributed by atoms with Crippen molar-refractivity contribution in [3.8, 4) is 0 Å². The molecule has 0 unspecified atom stereocenters. The van der Waals surface area contributed by atoms with Gasteiger partial charge in [0, 0.05) is 7.11 Å². The summed E-state index contributed by atoms with van der Waals surface area (Å²) in [4.78, 5) is 10.8. The van der Waals surface area contributed by atoms with Crippen molar-refractivity contribution in [3.05, 3.63) is 12.3 Å². The van der Waals surface area contributed by atoms with Gasteiger partial charge in [-0.15, -0.1) is 0 Å². The van der Waals surface area contributed by atoms with Gasteiger partial charge in [0.05, 0.1) is 13.2 Å². The fraction of sp³-hybridized carbons (Fsp3) is 0.625. The molecule has 2 N–H and O–H groups in total. The molecular weight excluding hydrogens is 174 g/mol. The van der Waals surface area contributed by atoms with Crippen molar-refractivity contribution in [1.82, 2.24) is 5.32 Å². The topological polar surface area (TPSA) is 67.8 Å². The minimum Gasteiger partial charge on any atom is -0.511 e. The molecule has 0 aliphatic carbocycles. The summed E-state index contributed by atoms with van der Waals surface area (Å²) < 4.78 is 9.30. The molecule has 0 saturated heterocycles. The van der Waals surface area contributed by atoms with Gasteiger partial charge in [0.25, 0.3) is 0 Å². The van der Waals surface area contributed by atoms with Crippen molar-refractivity contribution in [2.75, 3.05) is 14.2 Å². The highest BCUT2D eigenvalue weighted by Crippen LogP contribution is 2.04. The van der Waals surface area contributed by atoms with Crippen molar-refractivity contribution in [3.63, 3.8) is 0 Å². The van der Waals surface area contributed by atoms with E-state index >= 15 is 0 Å². The first kappa shape index (κ1) is 11.8. The molecule has 13 heavy (non-hydrogen) atoms. The Morgan fingerprint density at radius 2 is 2.08 bits per heavy atom. The lowest BCUT2D eigenvalue weighted by Gasteiger charge is -2.21. The van der Waals surface area contributed by atoms with E-state index in [1.165, 1.54) is 14.2 Å². The van der Waals surface area contributed by atoms with E-state index in [0.717, 1.165) is 0 Å². The smallest absolute Gasteiger partial charge is 0.407 e. The highest BCUT2D eigenvalue weighted by atomic mass is 16.5. The lowest BCUT2D eigenvalue weighted by atomic mass is 10.1. The molecule has 0 aliphatic heterocycles. The van der Waals surface area contributed by atoms with E-state index in [4.69, 9.17) is 9.84 Å². The van der Waals surface area contributed by atoms with Crippen LogP contribution in [0.3, 0.4) is 0 Å². The van der Waals surface area contributed by atoms with Gasteiger partial charge in [0.1, 0.15) is 11.8 Å². The standard InChI is InChI=1S/C8H15NO4/c1-5(10)7(6(2)12-3)9-8(11)13-4/h6-7,10H,1H2,2-4H3,(H,9,11)/t6-,7-/m1/s1. The molecule has 0 saturated carbocycles. The molecule has 0 aliphatic rings. The number of aliphatic hydroxyl groups is 1. The minimum absolute atomic E-state index is 0.167. The van der Waals surface area contributed by atoms with Crippen molar-refractivity contribution in [1.29, 1.82) is 0 Å². The molecule has 0 aromatic carbocycles. The molecule has 0 aromatic heterocycles. The van der Waals surface area contributed by atoms with Gasteiger partial charge >= 0.3 is 6.09 Å². The summed E-state index contributed by atoms with van der Waals surface area (Å²) in [6.45, 7) is 5.01. The number of hydrogen-bond donors (Lipinski definition) is 2. The number of methoxy groups -OCH3 is 2. The number of amides is 1. The molecule has 0 heterocycles. The van der Waals surface area contributed by atoms with E-state index in [0.29, 0.717) is 0 Å². The van der Waals surface area contributed by atoms with Crippen LogP contribution in [0.1, 0.15) is 6.92 Å². The van der Waals surface area contributed by atoms with E-state index in [1.54, 1.807) is 6.92 Å². The van der Waals surface area contributed by atoms with E-state index in [9.17, 15) is 4.79 Å². The highest BCUT2D eigenvalue weighted by molar-refractivity contribution is 5.67. The first-order valence-electron chi connectivity index (χ1n) is 3.78. The Balaban J connectivity index is 4.26. The first-order chi connectivity index (χ1) is 6.02. The summed E-state index contributed by atoms with van der Waals surface area (Å²) in [7, 11) is 2.71. The van der Waals surface area contributed by atoms with Crippen LogP contribution in [0.25, 0.3) is 0 Å². The van der Waals surface area contributed by atoms with E-state index in [2.05, 4.69) is 16.6 Å². The van der Waals surface area contributed by atoms with Crippen LogP contribution in [0.5, 0.6) is 0 Å². The fourth-order valence-electron chi connectivity index (χ4n) is 0.794. The molecule has 0 fully saturated rings. The van der Waals surface area contributed by atoms with Gasteiger partial charge in [0.2, 0.25) is 0 Å². The number of nitrogens with one attached hydrogen (secondary N) is 1. The van der Waals surface area contributed by atoms with Gasteiger partial charge in [-0.25, -0.2) is 4.79 Å². The average molecular weight is 189 g/mol. The summed E-state index contributed by atoms with van der Waals surface area (Å²) in [5.74, 6) is -0.167. The maximum Gasteiger partial charge on any atom is 0.407 e. The third kappa shape index (κ3) is 3.80. The predicted molar refractivity (Wildman–Crippen MR) is 47.6 cm³/mol. The summed E-state index contributed by atoms with van der Waals surface area (Å²) >= 11 is 0. The summed E-state index contributed by atoms with van der Waals surface area (Å²) in [6, 6.07) is -0.655.